The summed E-state index contributed by atoms with van der Waals surface area (Å²) in [7, 11) is 3.62. The van der Waals surface area contributed by atoms with Gasteiger partial charge in [-0.05, 0) is 32.7 Å². The Morgan fingerprint density at radius 3 is 2.80 bits per heavy atom. The fraction of sp³-hybridized carbons (Fsp3) is 0.722. The van der Waals surface area contributed by atoms with Gasteiger partial charge < -0.3 is 14.6 Å². The van der Waals surface area contributed by atoms with E-state index in [1.54, 1.807) is 16.8 Å². The van der Waals surface area contributed by atoms with Crippen LogP contribution in [0.4, 0.5) is 0 Å². The molecule has 0 spiro atoms. The molecule has 0 radical (unpaired) electrons. The third-order valence-corrected chi connectivity index (χ3v) is 5.00. The van der Waals surface area contributed by atoms with Gasteiger partial charge >= 0.3 is 5.97 Å². The van der Waals surface area contributed by atoms with Crippen LogP contribution >= 0.6 is 0 Å². The molecule has 1 aliphatic heterocycles. The maximum Gasteiger partial charge on any atom is 0.320 e. The molecule has 1 amide bonds. The smallest absolute Gasteiger partial charge is 0.320 e. The molecule has 2 unspecified atom stereocenters. The molecule has 7 heteroatoms. The van der Waals surface area contributed by atoms with Crippen LogP contribution in [0, 0.1) is 5.92 Å². The van der Waals surface area contributed by atoms with Gasteiger partial charge in [0.05, 0.1) is 5.92 Å². The number of hydrogen-bond donors (Lipinski definition) is 1. The maximum absolute atomic E-state index is 12.6. The highest BCUT2D eigenvalue weighted by molar-refractivity contribution is 5.80. The molecule has 1 N–H and O–H groups in total. The molecule has 2 atom stereocenters. The summed E-state index contributed by atoms with van der Waals surface area (Å²) < 4.78 is 2.17. The van der Waals surface area contributed by atoms with E-state index in [0.717, 1.165) is 31.6 Å². The summed E-state index contributed by atoms with van der Waals surface area (Å²) in [6.07, 6.45) is 7.82. The molecule has 1 aromatic rings. The quantitative estimate of drug-likeness (QED) is 0.768. The Labute approximate surface area is 149 Å². The van der Waals surface area contributed by atoms with Crippen LogP contribution in [0.15, 0.2) is 12.4 Å². The zero-order valence-corrected chi connectivity index (χ0v) is 15.5. The molecule has 2 heterocycles. The molecule has 1 saturated heterocycles. The number of piperidine rings is 1. The maximum atomic E-state index is 12.6. The first kappa shape index (κ1) is 19.4. The van der Waals surface area contributed by atoms with Crippen LogP contribution in [-0.4, -0.2) is 69.6 Å². The first-order valence-electron chi connectivity index (χ1n) is 9.12. The molecule has 140 valence electrons. The predicted octanol–water partition coefficient (Wildman–Crippen LogP) is 1.48. The van der Waals surface area contributed by atoms with Crippen molar-refractivity contribution in [2.24, 2.45) is 5.92 Å². The Balaban J connectivity index is 1.79. The van der Waals surface area contributed by atoms with E-state index >= 15 is 0 Å². The van der Waals surface area contributed by atoms with Crippen molar-refractivity contribution in [1.82, 2.24) is 19.4 Å². The summed E-state index contributed by atoms with van der Waals surface area (Å²) in [5.41, 5.74) is 0. The zero-order chi connectivity index (χ0) is 18.4. The number of nitrogens with zero attached hydrogens (tertiary/aromatic N) is 4. The Bertz CT molecular complexity index is 587. The Kier molecular flexibility index (Phi) is 6.99. The van der Waals surface area contributed by atoms with Crippen LogP contribution in [0.3, 0.4) is 0 Å². The number of aryl methyl sites for hydroxylation is 2. The SMILES string of the molecule is CCCn1ccnc1CCCN(C)C(=O)C1CCC(C(=O)O)N(C)C1. The van der Waals surface area contributed by atoms with Gasteiger partial charge in [-0.15, -0.1) is 0 Å². The van der Waals surface area contributed by atoms with E-state index in [-0.39, 0.29) is 11.8 Å². The molecule has 2 rings (SSSR count). The molecule has 0 saturated carbocycles. The van der Waals surface area contributed by atoms with Crippen LogP contribution in [-0.2, 0) is 22.6 Å². The van der Waals surface area contributed by atoms with Crippen molar-refractivity contribution in [1.29, 1.82) is 0 Å². The van der Waals surface area contributed by atoms with Gasteiger partial charge in [0.15, 0.2) is 0 Å². The average Bonchev–Trinajstić information content (AvgIpc) is 3.01. The lowest BCUT2D eigenvalue weighted by Gasteiger charge is -2.35. The largest absolute Gasteiger partial charge is 0.480 e. The van der Waals surface area contributed by atoms with Crippen molar-refractivity contribution in [3.63, 3.8) is 0 Å². The van der Waals surface area contributed by atoms with E-state index in [1.165, 1.54) is 0 Å². The van der Waals surface area contributed by atoms with Crippen molar-refractivity contribution in [2.75, 3.05) is 27.2 Å². The second kappa shape index (κ2) is 8.99. The number of aromatic nitrogens is 2. The summed E-state index contributed by atoms with van der Waals surface area (Å²) in [5, 5.41) is 9.16. The van der Waals surface area contributed by atoms with Crippen molar-refractivity contribution in [3.8, 4) is 0 Å². The number of likely N-dealkylation sites (N-methyl/N-ethyl adjacent to an activating group) is 1. The number of likely N-dealkylation sites (tertiary alicyclic amines) is 1. The fourth-order valence-corrected chi connectivity index (χ4v) is 3.57. The van der Waals surface area contributed by atoms with Gasteiger partial charge in [0, 0.05) is 45.5 Å². The van der Waals surface area contributed by atoms with E-state index < -0.39 is 12.0 Å². The van der Waals surface area contributed by atoms with E-state index in [1.807, 2.05) is 19.4 Å². The van der Waals surface area contributed by atoms with Gasteiger partial charge in [0.2, 0.25) is 5.91 Å². The summed E-state index contributed by atoms with van der Waals surface area (Å²) in [6, 6.07) is -0.466. The second-order valence-electron chi connectivity index (χ2n) is 6.97. The van der Waals surface area contributed by atoms with Crippen molar-refractivity contribution in [2.45, 2.75) is 51.6 Å². The fourth-order valence-electron chi connectivity index (χ4n) is 3.57. The Morgan fingerprint density at radius 1 is 1.40 bits per heavy atom. The van der Waals surface area contributed by atoms with Crippen molar-refractivity contribution >= 4 is 11.9 Å². The lowest BCUT2D eigenvalue weighted by atomic mass is 9.92. The number of carbonyl (C=O) groups is 2. The topological polar surface area (TPSA) is 78.7 Å². The number of carbonyl (C=O) groups excluding carboxylic acids is 1. The molecule has 1 aromatic heterocycles. The monoisotopic (exact) mass is 350 g/mol. The minimum Gasteiger partial charge on any atom is -0.480 e. The molecule has 25 heavy (non-hydrogen) atoms. The third-order valence-electron chi connectivity index (χ3n) is 5.00. The van der Waals surface area contributed by atoms with E-state index in [2.05, 4.69) is 16.5 Å². The van der Waals surface area contributed by atoms with Crippen LogP contribution < -0.4 is 0 Å². The van der Waals surface area contributed by atoms with Gasteiger partial charge in [-0.2, -0.15) is 0 Å². The van der Waals surface area contributed by atoms with Crippen molar-refractivity contribution in [3.05, 3.63) is 18.2 Å². The number of rotatable bonds is 8. The minimum atomic E-state index is -0.802. The first-order chi connectivity index (χ1) is 11.9. The lowest BCUT2D eigenvalue weighted by Crippen LogP contribution is -2.49. The van der Waals surface area contributed by atoms with Gasteiger partial charge in [-0.25, -0.2) is 4.98 Å². The standard InChI is InChI=1S/C18H30N4O3/c1-4-10-22-12-9-19-16(22)6-5-11-20(2)17(23)14-7-8-15(18(24)25)21(3)13-14/h9,12,14-15H,4-8,10-11,13H2,1-3H3,(H,24,25). The van der Waals surface area contributed by atoms with Gasteiger partial charge in [-0.1, -0.05) is 6.92 Å². The van der Waals surface area contributed by atoms with Crippen LogP contribution in [0.25, 0.3) is 0 Å². The predicted molar refractivity (Wildman–Crippen MR) is 95.3 cm³/mol. The first-order valence-corrected chi connectivity index (χ1v) is 9.12. The number of hydrogen-bond acceptors (Lipinski definition) is 4. The molecule has 1 aliphatic rings. The molecule has 1 fully saturated rings. The van der Waals surface area contributed by atoms with Crippen LogP contribution in [0.1, 0.15) is 38.4 Å². The van der Waals surface area contributed by atoms with E-state index in [4.69, 9.17) is 5.11 Å². The highest BCUT2D eigenvalue weighted by Crippen LogP contribution is 2.22. The normalized spacial score (nSPS) is 21.2. The molecule has 7 nitrogen and oxygen atoms in total. The van der Waals surface area contributed by atoms with Gasteiger partial charge in [0.25, 0.3) is 0 Å². The van der Waals surface area contributed by atoms with Gasteiger partial charge in [-0.3, -0.25) is 14.5 Å². The summed E-state index contributed by atoms with van der Waals surface area (Å²) in [4.78, 5) is 31.7. The Hall–Kier alpha value is -1.89. The number of amides is 1. The molecular weight excluding hydrogens is 320 g/mol. The third kappa shape index (κ3) is 5.04. The number of carboxylic acid groups (broad SMARTS) is 1. The molecule has 0 aliphatic carbocycles. The molecular formula is C18H30N4O3. The summed E-state index contributed by atoms with van der Waals surface area (Å²) in [6.45, 7) is 4.33. The lowest BCUT2D eigenvalue weighted by molar-refractivity contribution is -0.147. The second-order valence-corrected chi connectivity index (χ2v) is 6.97. The van der Waals surface area contributed by atoms with E-state index in [0.29, 0.717) is 25.9 Å². The van der Waals surface area contributed by atoms with Crippen molar-refractivity contribution < 1.29 is 14.7 Å². The number of imidazole rings is 1. The van der Waals surface area contributed by atoms with Crippen LogP contribution in [0.2, 0.25) is 0 Å². The molecule has 0 aromatic carbocycles. The van der Waals surface area contributed by atoms with E-state index in [9.17, 15) is 9.59 Å². The minimum absolute atomic E-state index is 0.104. The van der Waals surface area contributed by atoms with Crippen LogP contribution in [0.5, 0.6) is 0 Å². The number of aliphatic carboxylic acids is 1. The summed E-state index contributed by atoms with van der Waals surface area (Å²) in [5.74, 6) is 0.286. The molecule has 0 bridgehead atoms. The average molecular weight is 350 g/mol. The van der Waals surface area contributed by atoms with Gasteiger partial charge in [0.1, 0.15) is 11.9 Å². The highest BCUT2D eigenvalue weighted by atomic mass is 16.4. The summed E-state index contributed by atoms with van der Waals surface area (Å²) >= 11 is 0. The Morgan fingerprint density at radius 2 is 2.16 bits per heavy atom. The highest BCUT2D eigenvalue weighted by Gasteiger charge is 2.34. The number of carboxylic acids is 1. The zero-order valence-electron chi connectivity index (χ0n) is 15.5.